The molecule has 0 aromatic carbocycles. The number of alkyl halides is 2. The highest BCUT2D eigenvalue weighted by Gasteiger charge is 2.30. The van der Waals surface area contributed by atoms with Crippen LogP contribution in [0.1, 0.15) is 6.42 Å². The normalized spacial score (nSPS) is 23.2. The second-order valence-corrected chi connectivity index (χ2v) is 3.39. The quantitative estimate of drug-likeness (QED) is 0.491. The van der Waals surface area contributed by atoms with Crippen molar-refractivity contribution < 1.29 is 9.59 Å². The minimum absolute atomic E-state index is 0.193. The Hall–Kier alpha value is -0.340. The molecule has 4 heteroatoms. The second kappa shape index (κ2) is 3.37. The molecule has 1 aliphatic carbocycles. The monoisotopic (exact) mass is 192 g/mol. The van der Waals surface area contributed by atoms with Crippen molar-refractivity contribution in [1.82, 2.24) is 0 Å². The summed E-state index contributed by atoms with van der Waals surface area (Å²) in [6.45, 7) is 0. The summed E-state index contributed by atoms with van der Waals surface area (Å²) in [5, 5.41) is 0. The molecule has 0 aromatic rings. The SMILES string of the molecule is O=C1C=CCC1C(=O)C(Cl)Cl. The number of allylic oxidation sites excluding steroid dienone is 2. The number of carbonyl (C=O) groups is 2. The highest BCUT2D eigenvalue weighted by atomic mass is 35.5. The Morgan fingerprint density at radius 2 is 2.27 bits per heavy atom. The van der Waals surface area contributed by atoms with Crippen molar-refractivity contribution in [3.63, 3.8) is 0 Å². The van der Waals surface area contributed by atoms with Crippen LogP contribution in [-0.2, 0) is 9.59 Å². The fourth-order valence-electron chi connectivity index (χ4n) is 0.961. The Kier molecular flexibility index (Phi) is 2.68. The first-order valence-corrected chi connectivity index (χ1v) is 4.02. The van der Waals surface area contributed by atoms with Gasteiger partial charge >= 0.3 is 0 Å². The lowest BCUT2D eigenvalue weighted by atomic mass is 10.0. The molecule has 1 rings (SSSR count). The summed E-state index contributed by atoms with van der Waals surface area (Å²) in [4.78, 5) is 20.8. The Balaban J connectivity index is 2.63. The molecule has 1 atom stereocenters. The average molecular weight is 193 g/mol. The summed E-state index contributed by atoms with van der Waals surface area (Å²) in [6.07, 6.45) is 3.48. The third-order valence-electron chi connectivity index (χ3n) is 1.56. The van der Waals surface area contributed by atoms with Crippen molar-refractivity contribution in [1.29, 1.82) is 0 Å². The number of hydrogen-bond donors (Lipinski definition) is 0. The van der Waals surface area contributed by atoms with Gasteiger partial charge in [0.15, 0.2) is 16.4 Å². The number of carbonyl (C=O) groups excluding carboxylic acids is 2. The van der Waals surface area contributed by atoms with Gasteiger partial charge in [-0.25, -0.2) is 0 Å². The second-order valence-electron chi connectivity index (χ2n) is 2.30. The number of halogens is 2. The summed E-state index contributed by atoms with van der Waals surface area (Å²) >= 11 is 10.6. The molecule has 1 aliphatic rings. The number of hydrogen-bond acceptors (Lipinski definition) is 2. The Bertz CT molecular complexity index is 220. The van der Waals surface area contributed by atoms with Gasteiger partial charge in [-0.3, -0.25) is 9.59 Å². The molecule has 0 spiro atoms. The van der Waals surface area contributed by atoms with Crippen LogP contribution in [0.4, 0.5) is 0 Å². The number of Topliss-reactive ketones (excluding diaryl/α,β-unsaturated/α-hetero) is 1. The van der Waals surface area contributed by atoms with Crippen molar-refractivity contribution in [2.45, 2.75) is 11.3 Å². The molecule has 0 amide bonds. The zero-order valence-electron chi connectivity index (χ0n) is 5.59. The van der Waals surface area contributed by atoms with Crippen LogP contribution in [0.5, 0.6) is 0 Å². The maximum Gasteiger partial charge on any atom is 0.176 e. The lowest BCUT2D eigenvalue weighted by molar-refractivity contribution is -0.128. The molecule has 0 aliphatic heterocycles. The number of rotatable bonds is 2. The minimum Gasteiger partial charge on any atom is -0.296 e. The molecule has 0 saturated heterocycles. The Morgan fingerprint density at radius 1 is 1.64 bits per heavy atom. The third-order valence-corrected chi connectivity index (χ3v) is 1.99. The molecule has 0 bridgehead atoms. The maximum atomic E-state index is 11.0. The predicted octanol–water partition coefficient (Wildman–Crippen LogP) is 1.50. The average Bonchev–Trinajstić information content (AvgIpc) is 2.33. The topological polar surface area (TPSA) is 34.1 Å². The lowest BCUT2D eigenvalue weighted by Gasteiger charge is -2.05. The molecule has 0 aromatic heterocycles. The number of ketones is 2. The van der Waals surface area contributed by atoms with Gasteiger partial charge in [0.25, 0.3) is 0 Å². The van der Waals surface area contributed by atoms with Crippen LogP contribution in [0.25, 0.3) is 0 Å². The maximum absolute atomic E-state index is 11.0. The van der Waals surface area contributed by atoms with Crippen molar-refractivity contribution >= 4 is 34.8 Å². The van der Waals surface area contributed by atoms with Gasteiger partial charge < -0.3 is 0 Å². The standard InChI is InChI=1S/C7H6Cl2O2/c8-7(9)6(11)4-2-1-3-5(4)10/h1,3-4,7H,2H2. The molecule has 1 unspecified atom stereocenters. The third kappa shape index (κ3) is 1.82. The van der Waals surface area contributed by atoms with E-state index < -0.39 is 16.5 Å². The van der Waals surface area contributed by atoms with E-state index in [1.165, 1.54) is 6.08 Å². The minimum atomic E-state index is -1.08. The van der Waals surface area contributed by atoms with Crippen molar-refractivity contribution in [2.24, 2.45) is 5.92 Å². The molecule has 0 N–H and O–H groups in total. The van der Waals surface area contributed by atoms with E-state index in [4.69, 9.17) is 23.2 Å². The first-order chi connectivity index (χ1) is 5.13. The Labute approximate surface area is 74.2 Å². The van der Waals surface area contributed by atoms with Crippen LogP contribution in [0.2, 0.25) is 0 Å². The predicted molar refractivity (Wildman–Crippen MR) is 42.8 cm³/mol. The van der Waals surface area contributed by atoms with E-state index in [9.17, 15) is 9.59 Å². The van der Waals surface area contributed by atoms with Crippen molar-refractivity contribution in [3.05, 3.63) is 12.2 Å². The van der Waals surface area contributed by atoms with Gasteiger partial charge in [0.05, 0.1) is 5.92 Å². The van der Waals surface area contributed by atoms with Gasteiger partial charge in [-0.2, -0.15) is 0 Å². The van der Waals surface area contributed by atoms with E-state index in [0.29, 0.717) is 6.42 Å². The van der Waals surface area contributed by atoms with Gasteiger partial charge in [-0.1, -0.05) is 29.3 Å². The molecule has 0 heterocycles. The zero-order chi connectivity index (χ0) is 8.43. The highest BCUT2D eigenvalue weighted by Crippen LogP contribution is 2.20. The van der Waals surface area contributed by atoms with Gasteiger partial charge in [0.1, 0.15) is 0 Å². The molecule has 0 radical (unpaired) electrons. The fraction of sp³-hybridized carbons (Fsp3) is 0.429. The van der Waals surface area contributed by atoms with E-state index in [0.717, 1.165) is 0 Å². The van der Waals surface area contributed by atoms with Crippen LogP contribution in [0.3, 0.4) is 0 Å². The van der Waals surface area contributed by atoms with Gasteiger partial charge in [0, 0.05) is 0 Å². The van der Waals surface area contributed by atoms with Crippen LogP contribution in [-0.4, -0.2) is 16.4 Å². The van der Waals surface area contributed by atoms with Gasteiger partial charge in [-0.15, -0.1) is 0 Å². The molecule has 11 heavy (non-hydrogen) atoms. The fourth-order valence-corrected chi connectivity index (χ4v) is 1.27. The van der Waals surface area contributed by atoms with Crippen LogP contribution in [0, 0.1) is 5.92 Å². The van der Waals surface area contributed by atoms with Crippen LogP contribution >= 0.6 is 23.2 Å². The van der Waals surface area contributed by atoms with E-state index in [-0.39, 0.29) is 5.78 Å². The zero-order valence-corrected chi connectivity index (χ0v) is 7.10. The van der Waals surface area contributed by atoms with Gasteiger partial charge in [0.2, 0.25) is 0 Å². The van der Waals surface area contributed by atoms with Crippen molar-refractivity contribution in [2.75, 3.05) is 0 Å². The van der Waals surface area contributed by atoms with Gasteiger partial charge in [-0.05, 0) is 12.5 Å². The summed E-state index contributed by atoms with van der Waals surface area (Å²) < 4.78 is 0. The first kappa shape index (κ1) is 8.75. The highest BCUT2D eigenvalue weighted by molar-refractivity contribution is 6.54. The van der Waals surface area contributed by atoms with E-state index in [1.807, 2.05) is 0 Å². The summed E-state index contributed by atoms with van der Waals surface area (Å²) in [6, 6.07) is 0. The summed E-state index contributed by atoms with van der Waals surface area (Å²) in [5.41, 5.74) is 0. The molecule has 2 nitrogen and oxygen atoms in total. The van der Waals surface area contributed by atoms with E-state index in [2.05, 4.69) is 0 Å². The van der Waals surface area contributed by atoms with Crippen LogP contribution in [0.15, 0.2) is 12.2 Å². The smallest absolute Gasteiger partial charge is 0.176 e. The molecular weight excluding hydrogens is 187 g/mol. The molecule has 0 fully saturated rings. The molecular formula is C7H6Cl2O2. The largest absolute Gasteiger partial charge is 0.296 e. The first-order valence-electron chi connectivity index (χ1n) is 3.15. The molecule has 0 saturated carbocycles. The summed E-state index contributed by atoms with van der Waals surface area (Å²) in [7, 11) is 0. The Morgan fingerprint density at radius 3 is 2.64 bits per heavy atom. The van der Waals surface area contributed by atoms with E-state index in [1.54, 1.807) is 6.08 Å². The lowest BCUT2D eigenvalue weighted by Crippen LogP contribution is -2.23. The summed E-state index contributed by atoms with van der Waals surface area (Å²) in [5.74, 6) is -1.22. The van der Waals surface area contributed by atoms with E-state index >= 15 is 0 Å². The van der Waals surface area contributed by atoms with Crippen LogP contribution < -0.4 is 0 Å². The van der Waals surface area contributed by atoms with Crippen molar-refractivity contribution in [3.8, 4) is 0 Å². The molecule has 60 valence electrons.